The zero-order valence-corrected chi connectivity index (χ0v) is 26.9. The lowest BCUT2D eigenvalue weighted by Crippen LogP contribution is -2.62. The maximum Gasteiger partial charge on any atom is 0.471 e. The normalized spacial score (nSPS) is 14.9. The van der Waals surface area contributed by atoms with E-state index in [4.69, 9.17) is 18.9 Å². The molecule has 274 valence electrons. The van der Waals surface area contributed by atoms with Crippen LogP contribution in [0.25, 0.3) is 11.1 Å². The largest absolute Gasteiger partial charge is 0.494 e. The summed E-state index contributed by atoms with van der Waals surface area (Å²) in [5, 5.41) is 0. The minimum absolute atomic E-state index is 0.152. The SMILES string of the molecule is CCC1(COCCCCCCOc2ccc(C(=O)Oc3ccc(-c4ccc(OC(F)(F)C(F)(F)C(F)(F)C(F)(F)F)cc4)cc3)cc2)COC1. The zero-order valence-electron chi connectivity index (χ0n) is 26.9. The Morgan fingerprint density at radius 1 is 0.680 bits per heavy atom. The fourth-order valence-electron chi connectivity index (χ4n) is 4.78. The van der Waals surface area contributed by atoms with Gasteiger partial charge in [-0.25, -0.2) is 4.79 Å². The van der Waals surface area contributed by atoms with Gasteiger partial charge in [0, 0.05) is 12.0 Å². The van der Waals surface area contributed by atoms with Gasteiger partial charge in [0.25, 0.3) is 0 Å². The summed E-state index contributed by atoms with van der Waals surface area (Å²) in [6.45, 7) is 5.68. The second-order valence-corrected chi connectivity index (χ2v) is 11.9. The molecule has 0 aliphatic carbocycles. The summed E-state index contributed by atoms with van der Waals surface area (Å²) in [5.74, 6) is -15.0. The second-order valence-electron chi connectivity index (χ2n) is 11.9. The molecular formula is C35H35F9O6. The minimum atomic E-state index is -7.06. The Hall–Kier alpha value is -3.98. The topological polar surface area (TPSA) is 63.2 Å². The van der Waals surface area contributed by atoms with Crippen LogP contribution in [-0.4, -0.2) is 63.1 Å². The molecular weight excluding hydrogens is 687 g/mol. The fourth-order valence-corrected chi connectivity index (χ4v) is 4.78. The van der Waals surface area contributed by atoms with Gasteiger partial charge in [0.05, 0.1) is 32.0 Å². The number of halogens is 9. The van der Waals surface area contributed by atoms with Gasteiger partial charge in [0.2, 0.25) is 0 Å². The number of rotatable bonds is 18. The van der Waals surface area contributed by atoms with Gasteiger partial charge in [0.15, 0.2) is 0 Å². The van der Waals surface area contributed by atoms with E-state index in [0.29, 0.717) is 35.6 Å². The number of benzene rings is 3. The third kappa shape index (κ3) is 9.22. The predicted molar refractivity (Wildman–Crippen MR) is 163 cm³/mol. The van der Waals surface area contributed by atoms with E-state index in [9.17, 15) is 44.3 Å². The van der Waals surface area contributed by atoms with Gasteiger partial charge in [-0.15, -0.1) is 0 Å². The van der Waals surface area contributed by atoms with E-state index >= 15 is 0 Å². The van der Waals surface area contributed by atoms with Crippen molar-refractivity contribution in [2.75, 3.05) is 33.0 Å². The second kappa shape index (κ2) is 15.9. The number of hydrogen-bond acceptors (Lipinski definition) is 6. The number of hydrogen-bond donors (Lipinski definition) is 0. The molecule has 15 heteroatoms. The molecule has 0 radical (unpaired) electrons. The highest BCUT2D eigenvalue weighted by atomic mass is 19.4. The van der Waals surface area contributed by atoms with Crippen LogP contribution in [0.1, 0.15) is 49.4 Å². The number of carbonyl (C=O) groups is 1. The highest BCUT2D eigenvalue weighted by Crippen LogP contribution is 2.53. The Morgan fingerprint density at radius 2 is 1.20 bits per heavy atom. The highest BCUT2D eigenvalue weighted by Gasteiger charge is 2.83. The summed E-state index contributed by atoms with van der Waals surface area (Å²) < 4.78 is 143. The number of carbonyl (C=O) groups excluding carboxylic acids is 1. The quantitative estimate of drug-likeness (QED) is 0.0564. The molecule has 6 nitrogen and oxygen atoms in total. The van der Waals surface area contributed by atoms with Crippen molar-refractivity contribution in [1.29, 1.82) is 0 Å². The van der Waals surface area contributed by atoms with Crippen molar-refractivity contribution < 1.29 is 68.0 Å². The maximum absolute atomic E-state index is 13.8. The number of alkyl halides is 9. The Kier molecular flexibility index (Phi) is 12.4. The smallest absolute Gasteiger partial charge is 0.471 e. The van der Waals surface area contributed by atoms with Gasteiger partial charge in [-0.05, 0) is 85.3 Å². The molecule has 3 aromatic carbocycles. The predicted octanol–water partition coefficient (Wildman–Crippen LogP) is 9.76. The molecule has 0 bridgehead atoms. The lowest BCUT2D eigenvalue weighted by molar-refractivity contribution is -0.428. The van der Waals surface area contributed by atoms with Crippen LogP contribution in [0.3, 0.4) is 0 Å². The van der Waals surface area contributed by atoms with Gasteiger partial charge in [-0.2, -0.15) is 39.5 Å². The summed E-state index contributed by atoms with van der Waals surface area (Å²) in [4.78, 5) is 12.6. The molecule has 50 heavy (non-hydrogen) atoms. The van der Waals surface area contributed by atoms with Crippen molar-refractivity contribution in [3.8, 4) is 28.4 Å². The van der Waals surface area contributed by atoms with E-state index in [1.54, 1.807) is 24.3 Å². The van der Waals surface area contributed by atoms with Crippen LogP contribution in [0.4, 0.5) is 39.5 Å². The average Bonchev–Trinajstić information content (AvgIpc) is 3.05. The van der Waals surface area contributed by atoms with Crippen molar-refractivity contribution >= 4 is 5.97 Å². The van der Waals surface area contributed by atoms with Crippen LogP contribution in [0, 0.1) is 5.41 Å². The van der Waals surface area contributed by atoms with E-state index < -0.39 is 35.8 Å². The molecule has 0 unspecified atom stereocenters. The van der Waals surface area contributed by atoms with E-state index in [2.05, 4.69) is 11.7 Å². The standard InChI is InChI=1S/C35H35F9O6/c1-2-31(22-47-23-31)21-46-19-5-3-4-6-20-48-27-13-11-26(12-14-27)30(45)49-28-15-7-24(8-16-28)25-9-17-29(18-10-25)50-35(43,44)33(38,39)32(36,37)34(40,41)42/h7-18H,2-6,19-23H2,1H3. The molecule has 1 heterocycles. The minimum Gasteiger partial charge on any atom is -0.494 e. The van der Waals surface area contributed by atoms with Crippen LogP contribution in [0.15, 0.2) is 72.8 Å². The summed E-state index contributed by atoms with van der Waals surface area (Å²) in [7, 11) is 0. The number of esters is 1. The molecule has 1 saturated heterocycles. The molecule has 0 spiro atoms. The Labute approximate surface area is 282 Å². The van der Waals surface area contributed by atoms with Crippen LogP contribution >= 0.6 is 0 Å². The van der Waals surface area contributed by atoms with Gasteiger partial charge in [0.1, 0.15) is 17.2 Å². The summed E-state index contributed by atoms with van der Waals surface area (Å²) in [6, 6.07) is 15.7. The zero-order chi connectivity index (χ0) is 36.6. The van der Waals surface area contributed by atoms with E-state index in [0.717, 1.165) is 70.7 Å². The molecule has 1 aliphatic heterocycles. The monoisotopic (exact) mass is 722 g/mol. The molecule has 1 fully saturated rings. The van der Waals surface area contributed by atoms with E-state index in [1.165, 1.54) is 24.3 Å². The molecule has 0 N–H and O–H groups in total. The highest BCUT2D eigenvalue weighted by molar-refractivity contribution is 5.91. The summed E-state index contributed by atoms with van der Waals surface area (Å²) >= 11 is 0. The van der Waals surface area contributed by atoms with Crippen LogP contribution in [0.5, 0.6) is 17.2 Å². The fraction of sp³-hybridized carbons (Fsp3) is 0.457. The molecule has 0 saturated carbocycles. The van der Waals surface area contributed by atoms with Crippen molar-refractivity contribution in [2.24, 2.45) is 5.41 Å². The number of unbranched alkanes of at least 4 members (excludes halogenated alkanes) is 3. The van der Waals surface area contributed by atoms with Crippen LogP contribution in [0.2, 0.25) is 0 Å². The lowest BCUT2D eigenvalue weighted by Gasteiger charge is -2.40. The van der Waals surface area contributed by atoms with Crippen molar-refractivity contribution in [1.82, 2.24) is 0 Å². The summed E-state index contributed by atoms with van der Waals surface area (Å²) in [5.41, 5.74) is 1.18. The molecule has 0 atom stereocenters. The third-order valence-electron chi connectivity index (χ3n) is 8.13. The van der Waals surface area contributed by atoms with Crippen molar-refractivity contribution in [2.45, 2.75) is 63.2 Å². The van der Waals surface area contributed by atoms with Gasteiger partial charge in [-0.1, -0.05) is 37.6 Å². The van der Waals surface area contributed by atoms with E-state index in [-0.39, 0.29) is 16.7 Å². The van der Waals surface area contributed by atoms with Crippen molar-refractivity contribution in [3.05, 3.63) is 78.4 Å². The first-order valence-electron chi connectivity index (χ1n) is 15.7. The maximum atomic E-state index is 13.8. The molecule has 3 aromatic rings. The molecule has 4 rings (SSSR count). The first-order valence-corrected chi connectivity index (χ1v) is 15.7. The van der Waals surface area contributed by atoms with E-state index in [1.807, 2.05) is 0 Å². The Bertz CT molecular complexity index is 1520. The first-order chi connectivity index (χ1) is 23.5. The Morgan fingerprint density at radius 3 is 1.70 bits per heavy atom. The van der Waals surface area contributed by atoms with Gasteiger partial charge in [-0.3, -0.25) is 0 Å². The molecule has 0 aromatic heterocycles. The number of ether oxygens (including phenoxy) is 5. The summed E-state index contributed by atoms with van der Waals surface area (Å²) in [6.07, 6.45) is -8.24. The average molecular weight is 723 g/mol. The van der Waals surface area contributed by atoms with Gasteiger partial charge < -0.3 is 23.7 Å². The third-order valence-corrected chi connectivity index (χ3v) is 8.13. The molecule has 1 aliphatic rings. The first kappa shape index (κ1) is 38.8. The van der Waals surface area contributed by atoms with Crippen LogP contribution < -0.4 is 14.2 Å². The van der Waals surface area contributed by atoms with Crippen LogP contribution in [-0.2, 0) is 9.47 Å². The lowest BCUT2D eigenvalue weighted by atomic mass is 9.84. The Balaban J connectivity index is 1.19. The van der Waals surface area contributed by atoms with Gasteiger partial charge >= 0.3 is 30.1 Å². The van der Waals surface area contributed by atoms with Crippen molar-refractivity contribution in [3.63, 3.8) is 0 Å². The molecule has 0 amide bonds.